The number of hydrogen-bond donors (Lipinski definition) is 1. The van der Waals surface area contributed by atoms with Crippen molar-refractivity contribution >= 4 is 17.0 Å². The second-order valence-corrected chi connectivity index (χ2v) is 9.62. The molecular formula is C25H31N5O5. The van der Waals surface area contributed by atoms with Crippen LogP contribution in [0.1, 0.15) is 56.6 Å². The first-order chi connectivity index (χ1) is 16.8. The van der Waals surface area contributed by atoms with Crippen molar-refractivity contribution in [2.45, 2.75) is 64.2 Å². The van der Waals surface area contributed by atoms with Crippen LogP contribution in [0.3, 0.4) is 0 Å². The van der Waals surface area contributed by atoms with E-state index in [9.17, 15) is 10.1 Å². The lowest BCUT2D eigenvalue weighted by atomic mass is 9.88. The molecule has 2 fully saturated rings. The van der Waals surface area contributed by atoms with Crippen LogP contribution in [0, 0.1) is 17.0 Å². The number of benzene rings is 1. The lowest BCUT2D eigenvalue weighted by molar-refractivity contribution is -0.383. The Kier molecular flexibility index (Phi) is 6.10. The van der Waals surface area contributed by atoms with Crippen LogP contribution in [-0.2, 0) is 9.47 Å². The Morgan fingerprint density at radius 2 is 1.94 bits per heavy atom. The van der Waals surface area contributed by atoms with Crippen LogP contribution < -0.4 is 10.1 Å². The molecule has 1 spiro atoms. The number of nitrogens with one attached hydrogen (secondary N) is 1. The molecule has 0 atom stereocenters. The molecule has 2 aliphatic rings. The van der Waals surface area contributed by atoms with Crippen molar-refractivity contribution < 1.29 is 19.1 Å². The number of nitrogens with zero attached hydrogens (tertiary/aromatic N) is 4. The number of nitro groups is 1. The van der Waals surface area contributed by atoms with E-state index in [-0.39, 0.29) is 22.6 Å². The van der Waals surface area contributed by atoms with Gasteiger partial charge < -0.3 is 19.5 Å². The molecule has 1 aromatic carbocycles. The molecule has 0 radical (unpaired) electrons. The van der Waals surface area contributed by atoms with Gasteiger partial charge in [0.05, 0.1) is 25.2 Å². The van der Waals surface area contributed by atoms with Gasteiger partial charge in [0, 0.05) is 42.3 Å². The molecule has 3 aromatic rings. The minimum absolute atomic E-state index is 0.0510. The van der Waals surface area contributed by atoms with E-state index >= 15 is 0 Å². The van der Waals surface area contributed by atoms with Crippen LogP contribution in [0.25, 0.3) is 16.8 Å². The van der Waals surface area contributed by atoms with E-state index in [1.54, 1.807) is 17.7 Å². The largest absolute Gasteiger partial charge is 0.492 e. The molecule has 1 N–H and O–H groups in total. The number of ether oxygens (including phenoxy) is 3. The van der Waals surface area contributed by atoms with Crippen LogP contribution in [0.4, 0.5) is 11.4 Å². The first-order valence-corrected chi connectivity index (χ1v) is 12.1. The van der Waals surface area contributed by atoms with Crippen LogP contribution in [-0.4, -0.2) is 51.7 Å². The zero-order valence-electron chi connectivity index (χ0n) is 20.5. The zero-order chi connectivity index (χ0) is 24.7. The summed E-state index contributed by atoms with van der Waals surface area (Å²) >= 11 is 0. The number of anilines is 1. The molecule has 0 amide bonds. The summed E-state index contributed by atoms with van der Waals surface area (Å²) in [6.07, 6.45) is 6.55. The second kappa shape index (κ2) is 9.09. The summed E-state index contributed by atoms with van der Waals surface area (Å²) < 4.78 is 18.9. The van der Waals surface area contributed by atoms with Crippen molar-refractivity contribution in [2.24, 2.45) is 0 Å². The van der Waals surface area contributed by atoms with Gasteiger partial charge >= 0.3 is 0 Å². The molecule has 186 valence electrons. The minimum atomic E-state index is -0.465. The summed E-state index contributed by atoms with van der Waals surface area (Å²) in [6.45, 7) is 7.39. The molecule has 35 heavy (non-hydrogen) atoms. The van der Waals surface area contributed by atoms with Crippen LogP contribution in [0.2, 0.25) is 0 Å². The molecule has 2 aromatic heterocycles. The molecule has 10 heteroatoms. The monoisotopic (exact) mass is 481 g/mol. The van der Waals surface area contributed by atoms with Gasteiger partial charge in [0.1, 0.15) is 12.0 Å². The van der Waals surface area contributed by atoms with E-state index in [4.69, 9.17) is 14.2 Å². The van der Waals surface area contributed by atoms with Crippen molar-refractivity contribution in [3.05, 3.63) is 45.9 Å². The third-order valence-electron chi connectivity index (χ3n) is 7.17. The van der Waals surface area contributed by atoms with E-state index in [0.29, 0.717) is 30.3 Å². The van der Waals surface area contributed by atoms with Gasteiger partial charge in [-0.2, -0.15) is 5.10 Å². The van der Waals surface area contributed by atoms with Gasteiger partial charge in [-0.25, -0.2) is 9.50 Å². The first kappa shape index (κ1) is 23.5. The molecule has 1 saturated heterocycles. The summed E-state index contributed by atoms with van der Waals surface area (Å²) in [5.41, 5.74) is 4.70. The van der Waals surface area contributed by atoms with Gasteiger partial charge in [-0.15, -0.1) is 0 Å². The summed E-state index contributed by atoms with van der Waals surface area (Å²) in [5.74, 6) is 0.276. The Labute approximate surface area is 203 Å². The fourth-order valence-corrected chi connectivity index (χ4v) is 5.32. The Morgan fingerprint density at radius 3 is 2.57 bits per heavy atom. The molecule has 1 aliphatic heterocycles. The highest BCUT2D eigenvalue weighted by molar-refractivity contribution is 5.81. The molecule has 0 unspecified atom stereocenters. The SMILES string of the molecule is COc1c(C)c(-c2cc([N+](=O)[O-])c(NC3CCC4(CC3)OCCO4)cc2C(C)C)cn2ncnc12. The number of aromatic nitrogens is 3. The third-order valence-corrected chi connectivity index (χ3v) is 7.17. The quantitative estimate of drug-likeness (QED) is 0.393. The number of hydrogen-bond acceptors (Lipinski definition) is 8. The van der Waals surface area contributed by atoms with Crippen molar-refractivity contribution in [1.29, 1.82) is 0 Å². The summed E-state index contributed by atoms with van der Waals surface area (Å²) in [5, 5.41) is 19.9. The number of rotatable bonds is 6. The van der Waals surface area contributed by atoms with Crippen LogP contribution >= 0.6 is 0 Å². The second-order valence-electron chi connectivity index (χ2n) is 9.62. The van der Waals surface area contributed by atoms with Gasteiger partial charge in [0.2, 0.25) is 0 Å². The molecular weight excluding hydrogens is 450 g/mol. The topological polar surface area (TPSA) is 113 Å². The fraction of sp³-hybridized carbons (Fsp3) is 0.520. The highest BCUT2D eigenvalue weighted by Crippen LogP contribution is 2.43. The Balaban J connectivity index is 1.54. The normalized spacial score (nSPS) is 18.0. The van der Waals surface area contributed by atoms with Crippen molar-refractivity contribution in [2.75, 3.05) is 25.6 Å². The third kappa shape index (κ3) is 4.21. The van der Waals surface area contributed by atoms with Gasteiger partial charge in [-0.1, -0.05) is 13.8 Å². The summed E-state index contributed by atoms with van der Waals surface area (Å²) in [6, 6.07) is 3.73. The summed E-state index contributed by atoms with van der Waals surface area (Å²) in [7, 11) is 1.59. The zero-order valence-corrected chi connectivity index (χ0v) is 20.5. The van der Waals surface area contributed by atoms with Gasteiger partial charge in [-0.3, -0.25) is 10.1 Å². The predicted octanol–water partition coefficient (Wildman–Crippen LogP) is 4.84. The Hall–Kier alpha value is -3.24. The van der Waals surface area contributed by atoms with E-state index in [0.717, 1.165) is 47.9 Å². The minimum Gasteiger partial charge on any atom is -0.492 e. The summed E-state index contributed by atoms with van der Waals surface area (Å²) in [4.78, 5) is 16.2. The van der Waals surface area contributed by atoms with Gasteiger partial charge in [0.25, 0.3) is 5.69 Å². The lowest BCUT2D eigenvalue weighted by Crippen LogP contribution is -2.39. The maximum absolute atomic E-state index is 12.2. The van der Waals surface area contributed by atoms with Crippen molar-refractivity contribution in [1.82, 2.24) is 14.6 Å². The number of pyridine rings is 1. The Morgan fingerprint density at radius 1 is 1.23 bits per heavy atom. The smallest absolute Gasteiger partial charge is 0.292 e. The predicted molar refractivity (Wildman–Crippen MR) is 131 cm³/mol. The average molecular weight is 482 g/mol. The fourth-order valence-electron chi connectivity index (χ4n) is 5.32. The van der Waals surface area contributed by atoms with E-state index < -0.39 is 5.79 Å². The first-order valence-electron chi connectivity index (χ1n) is 12.1. The van der Waals surface area contributed by atoms with E-state index in [1.807, 2.05) is 19.2 Å². The average Bonchev–Trinajstić information content (AvgIpc) is 3.49. The maximum atomic E-state index is 12.2. The van der Waals surface area contributed by atoms with E-state index in [2.05, 4.69) is 29.2 Å². The molecule has 1 aliphatic carbocycles. The standard InChI is InChI=1S/C25H31N5O5/c1-15(2)18-11-21(28-17-5-7-25(8-6-17)34-9-10-35-25)22(30(31)32)12-19(18)20-13-29-24(26-14-27-29)23(33-4)16(20)3/h11-15,17,28H,5-10H2,1-4H3. The molecule has 1 saturated carbocycles. The maximum Gasteiger partial charge on any atom is 0.292 e. The van der Waals surface area contributed by atoms with E-state index in [1.165, 1.54) is 6.33 Å². The van der Waals surface area contributed by atoms with Crippen LogP contribution in [0.15, 0.2) is 24.7 Å². The highest BCUT2D eigenvalue weighted by Gasteiger charge is 2.40. The lowest BCUT2D eigenvalue weighted by Gasteiger charge is -2.36. The number of methoxy groups -OCH3 is 1. The molecule has 5 rings (SSSR count). The molecule has 0 bridgehead atoms. The van der Waals surface area contributed by atoms with Crippen molar-refractivity contribution in [3.8, 4) is 16.9 Å². The Bertz CT molecular complexity index is 1250. The number of nitro benzene ring substituents is 1. The van der Waals surface area contributed by atoms with Gasteiger partial charge in [0.15, 0.2) is 17.2 Å². The van der Waals surface area contributed by atoms with Gasteiger partial charge in [-0.05, 0) is 42.9 Å². The highest BCUT2D eigenvalue weighted by atomic mass is 16.7. The molecule has 3 heterocycles. The van der Waals surface area contributed by atoms with Crippen LogP contribution in [0.5, 0.6) is 5.75 Å². The number of fused-ring (bicyclic) bond motifs is 1. The molecule has 10 nitrogen and oxygen atoms in total. The van der Waals surface area contributed by atoms with Crippen molar-refractivity contribution in [3.63, 3.8) is 0 Å².